The molecule has 55 heavy (non-hydrogen) atoms. The summed E-state index contributed by atoms with van der Waals surface area (Å²) in [7, 11) is 1.71. The zero-order valence-corrected chi connectivity index (χ0v) is 33.7. The van der Waals surface area contributed by atoms with Crippen LogP contribution >= 0.6 is 22.7 Å². The molecule has 12 nitrogen and oxygen atoms in total. The number of alkyl carbamates (subject to hydrolysis) is 1. The van der Waals surface area contributed by atoms with Gasteiger partial charge in [0, 0.05) is 56.3 Å². The number of piperidine rings is 1. The molecule has 0 bridgehead atoms. The van der Waals surface area contributed by atoms with Crippen LogP contribution in [-0.4, -0.2) is 93.8 Å². The molecule has 3 heterocycles. The van der Waals surface area contributed by atoms with E-state index < -0.39 is 12.1 Å². The summed E-state index contributed by atoms with van der Waals surface area (Å²) in [5.41, 5.74) is 4.66. The van der Waals surface area contributed by atoms with Crippen LogP contribution in [0, 0.1) is 0 Å². The van der Waals surface area contributed by atoms with Gasteiger partial charge in [-0.05, 0) is 56.1 Å². The number of hydrogen-bond donors (Lipinski definition) is 4. The second-order valence-electron chi connectivity index (χ2n) is 14.6. The molecule has 1 fully saturated rings. The molecule has 3 atom stereocenters. The van der Waals surface area contributed by atoms with Crippen LogP contribution in [0.4, 0.5) is 9.59 Å². The zero-order chi connectivity index (χ0) is 39.0. The van der Waals surface area contributed by atoms with Crippen molar-refractivity contribution in [1.82, 2.24) is 35.7 Å². The molecule has 296 valence electrons. The number of carbonyl (C=O) groups excluding carboxylic acids is 3. The van der Waals surface area contributed by atoms with Gasteiger partial charge in [0.1, 0.15) is 12.6 Å². The molecule has 1 aliphatic rings. The van der Waals surface area contributed by atoms with E-state index in [1.54, 1.807) is 35.0 Å². The standard InChI is InChI=1S/C41H55N7O5S2/c1-29(2)39-44-34(27-54-39)25-47(3)40(51)46-37(18-21-48-19-16-35(49)17-20-48)38(50)43-32(22-30-10-6-4-7-11-30)14-15-33(23-31-12-8-5-9-13-31)45-41(52)53-26-36-24-42-28-55-36/h4-13,24,27-29,32-33,35,37,49H,14-23,25-26H2,1-3H3,(H,43,50)(H,45,52)(H,46,51). The molecular weight excluding hydrogens is 735 g/mol. The predicted molar refractivity (Wildman–Crippen MR) is 217 cm³/mol. The van der Waals surface area contributed by atoms with Crippen LogP contribution in [-0.2, 0) is 35.5 Å². The molecule has 0 radical (unpaired) electrons. The molecule has 2 aromatic heterocycles. The van der Waals surface area contributed by atoms with Gasteiger partial charge in [0.15, 0.2) is 0 Å². The van der Waals surface area contributed by atoms with E-state index in [2.05, 4.69) is 44.7 Å². The first kappa shape index (κ1) is 41.8. The highest BCUT2D eigenvalue weighted by Crippen LogP contribution is 2.20. The maximum absolute atomic E-state index is 14.3. The number of thiazole rings is 2. The lowest BCUT2D eigenvalue weighted by molar-refractivity contribution is -0.124. The Morgan fingerprint density at radius 1 is 0.909 bits per heavy atom. The summed E-state index contributed by atoms with van der Waals surface area (Å²) in [6, 6.07) is 18.3. The van der Waals surface area contributed by atoms with Crippen LogP contribution in [0.2, 0.25) is 0 Å². The van der Waals surface area contributed by atoms with Crippen LogP contribution in [0.3, 0.4) is 0 Å². The van der Waals surface area contributed by atoms with E-state index in [9.17, 15) is 19.5 Å². The van der Waals surface area contributed by atoms with Crippen molar-refractivity contribution in [3.63, 3.8) is 0 Å². The fraction of sp³-hybridized carbons (Fsp3) is 0.488. The highest BCUT2D eigenvalue weighted by molar-refractivity contribution is 7.09. The van der Waals surface area contributed by atoms with Crippen LogP contribution in [0.1, 0.15) is 78.6 Å². The van der Waals surface area contributed by atoms with Gasteiger partial charge in [0.05, 0.1) is 33.7 Å². The monoisotopic (exact) mass is 789 g/mol. The van der Waals surface area contributed by atoms with Crippen molar-refractivity contribution in [2.75, 3.05) is 26.7 Å². The van der Waals surface area contributed by atoms with Gasteiger partial charge < -0.3 is 35.6 Å². The van der Waals surface area contributed by atoms with Gasteiger partial charge in [-0.1, -0.05) is 74.5 Å². The summed E-state index contributed by atoms with van der Waals surface area (Å²) >= 11 is 3.01. The number of amides is 4. The van der Waals surface area contributed by atoms with Crippen LogP contribution in [0.25, 0.3) is 0 Å². The van der Waals surface area contributed by atoms with Crippen LogP contribution in [0.15, 0.2) is 77.8 Å². The number of nitrogens with one attached hydrogen (secondary N) is 3. The zero-order valence-electron chi connectivity index (χ0n) is 32.1. The Bertz CT molecular complexity index is 1730. The van der Waals surface area contributed by atoms with Gasteiger partial charge in [0.2, 0.25) is 5.91 Å². The SMILES string of the molecule is CC(C)c1nc(CN(C)C(=O)NC(CCN2CCC(O)CC2)C(=O)NC(CCC(Cc2ccccc2)NC(=O)OCc2cncs2)Cc2ccccc2)cs1. The number of likely N-dealkylation sites (tertiary alicyclic amines) is 1. The summed E-state index contributed by atoms with van der Waals surface area (Å²) in [4.78, 5) is 54.2. The van der Waals surface area contributed by atoms with Crippen molar-refractivity contribution >= 4 is 40.7 Å². The number of nitrogens with zero attached hydrogens (tertiary/aromatic N) is 4. The molecule has 0 aliphatic carbocycles. The molecule has 2 aromatic carbocycles. The van der Waals surface area contributed by atoms with Crippen molar-refractivity contribution in [1.29, 1.82) is 0 Å². The molecule has 14 heteroatoms. The first-order valence-electron chi connectivity index (χ1n) is 19.2. The number of ether oxygens (including phenoxy) is 1. The number of rotatable bonds is 19. The summed E-state index contributed by atoms with van der Waals surface area (Å²) in [6.45, 7) is 6.74. The Morgan fingerprint density at radius 3 is 2.13 bits per heavy atom. The van der Waals surface area contributed by atoms with Gasteiger partial charge in [-0.2, -0.15) is 0 Å². The van der Waals surface area contributed by atoms with Gasteiger partial charge in [-0.25, -0.2) is 14.6 Å². The topological polar surface area (TPSA) is 149 Å². The van der Waals surface area contributed by atoms with Crippen LogP contribution in [0.5, 0.6) is 0 Å². The molecule has 3 unspecified atom stereocenters. The minimum absolute atomic E-state index is 0.143. The van der Waals surface area contributed by atoms with E-state index in [0.29, 0.717) is 64.0 Å². The van der Waals surface area contributed by atoms with Crippen molar-refractivity contribution in [2.45, 2.75) is 102 Å². The van der Waals surface area contributed by atoms with E-state index in [4.69, 9.17) is 4.74 Å². The lowest BCUT2D eigenvalue weighted by Gasteiger charge is -2.31. The smallest absolute Gasteiger partial charge is 0.407 e. The Labute approximate surface area is 332 Å². The summed E-state index contributed by atoms with van der Waals surface area (Å²) in [5.74, 6) is 0.0464. The van der Waals surface area contributed by atoms with E-state index in [-0.39, 0.29) is 36.7 Å². The maximum Gasteiger partial charge on any atom is 0.407 e. The minimum Gasteiger partial charge on any atom is -0.444 e. The minimum atomic E-state index is -0.790. The van der Waals surface area contributed by atoms with Crippen molar-refractivity contribution in [3.05, 3.63) is 104 Å². The average molecular weight is 790 g/mol. The summed E-state index contributed by atoms with van der Waals surface area (Å²) in [6.07, 6.45) is 4.98. The number of urea groups is 1. The van der Waals surface area contributed by atoms with Crippen molar-refractivity contribution < 1.29 is 24.2 Å². The molecule has 1 aliphatic heterocycles. The number of carbonyl (C=O) groups is 3. The average Bonchev–Trinajstić information content (AvgIpc) is 3.89. The largest absolute Gasteiger partial charge is 0.444 e. The van der Waals surface area contributed by atoms with E-state index in [1.165, 1.54) is 11.3 Å². The van der Waals surface area contributed by atoms with Crippen LogP contribution < -0.4 is 16.0 Å². The predicted octanol–water partition coefficient (Wildman–Crippen LogP) is 6.13. The van der Waals surface area contributed by atoms with E-state index in [0.717, 1.165) is 39.8 Å². The summed E-state index contributed by atoms with van der Waals surface area (Å²) < 4.78 is 5.53. The quantitative estimate of drug-likeness (QED) is 0.0888. The third-order valence-corrected chi connectivity index (χ3v) is 11.7. The first-order valence-corrected chi connectivity index (χ1v) is 20.9. The Balaban J connectivity index is 1.28. The highest BCUT2D eigenvalue weighted by atomic mass is 32.1. The molecular formula is C41H55N7O5S2. The summed E-state index contributed by atoms with van der Waals surface area (Å²) in [5, 5.41) is 22.4. The fourth-order valence-electron chi connectivity index (χ4n) is 6.57. The number of aliphatic hydroxyl groups excluding tert-OH is 1. The lowest BCUT2D eigenvalue weighted by Crippen LogP contribution is -2.54. The molecule has 0 spiro atoms. The Hall–Kier alpha value is -4.37. The molecule has 4 N–H and O–H groups in total. The van der Waals surface area contributed by atoms with Gasteiger partial charge in [-0.3, -0.25) is 9.78 Å². The number of hydrogen-bond acceptors (Lipinski definition) is 10. The highest BCUT2D eigenvalue weighted by Gasteiger charge is 2.28. The molecule has 4 amide bonds. The number of benzene rings is 2. The van der Waals surface area contributed by atoms with E-state index >= 15 is 0 Å². The van der Waals surface area contributed by atoms with Crippen molar-refractivity contribution in [2.24, 2.45) is 0 Å². The Morgan fingerprint density at radius 2 is 1.55 bits per heavy atom. The first-order chi connectivity index (χ1) is 26.6. The number of aliphatic hydroxyl groups is 1. The third-order valence-electron chi connectivity index (χ3n) is 9.73. The molecule has 0 saturated carbocycles. The second kappa shape index (κ2) is 21.6. The van der Waals surface area contributed by atoms with Gasteiger partial charge in [-0.15, -0.1) is 22.7 Å². The molecule has 4 aromatic rings. The lowest BCUT2D eigenvalue weighted by atomic mass is 9.95. The molecule has 5 rings (SSSR count). The van der Waals surface area contributed by atoms with Gasteiger partial charge in [0.25, 0.3) is 0 Å². The normalized spacial score (nSPS) is 15.2. The third kappa shape index (κ3) is 14.3. The molecule has 1 saturated heterocycles. The second-order valence-corrected chi connectivity index (χ2v) is 16.5. The van der Waals surface area contributed by atoms with Gasteiger partial charge >= 0.3 is 12.1 Å². The Kier molecular flexibility index (Phi) is 16.4. The fourth-order valence-corrected chi connectivity index (χ4v) is 7.90. The van der Waals surface area contributed by atoms with E-state index in [1.807, 2.05) is 66.0 Å². The van der Waals surface area contributed by atoms with Crippen molar-refractivity contribution in [3.8, 4) is 0 Å². The number of aromatic nitrogens is 2. The maximum atomic E-state index is 14.3.